The lowest BCUT2D eigenvalue weighted by Gasteiger charge is -2.29. The fourth-order valence-electron chi connectivity index (χ4n) is 3.09. The van der Waals surface area contributed by atoms with Crippen LogP contribution in [0.5, 0.6) is 0 Å². The Labute approximate surface area is 108 Å². The van der Waals surface area contributed by atoms with E-state index < -0.39 is 0 Å². The molecule has 1 aromatic carbocycles. The van der Waals surface area contributed by atoms with Gasteiger partial charge in [-0.15, -0.1) is 0 Å². The van der Waals surface area contributed by atoms with Crippen LogP contribution in [0.15, 0.2) is 30.5 Å². The third kappa shape index (κ3) is 2.01. The molecule has 0 aliphatic carbocycles. The summed E-state index contributed by atoms with van der Waals surface area (Å²) in [5.41, 5.74) is 3.89. The predicted octanol–water partition coefficient (Wildman–Crippen LogP) is 3.26. The highest BCUT2D eigenvalue weighted by atomic mass is 14.9. The van der Waals surface area contributed by atoms with Crippen molar-refractivity contribution in [1.82, 2.24) is 10.3 Å². The number of pyridine rings is 1. The van der Waals surface area contributed by atoms with Crippen molar-refractivity contribution in [3.8, 4) is 0 Å². The maximum Gasteiger partial charge on any atom is 0.0733 e. The number of aromatic nitrogens is 1. The van der Waals surface area contributed by atoms with E-state index in [-0.39, 0.29) is 0 Å². The summed E-state index contributed by atoms with van der Waals surface area (Å²) in [4.78, 5) is 4.53. The maximum absolute atomic E-state index is 4.53. The zero-order valence-electron chi connectivity index (χ0n) is 11.1. The van der Waals surface area contributed by atoms with Gasteiger partial charge in [0.05, 0.1) is 5.52 Å². The second kappa shape index (κ2) is 4.69. The summed E-state index contributed by atoms with van der Waals surface area (Å²) < 4.78 is 0. The van der Waals surface area contributed by atoms with Gasteiger partial charge in [0.15, 0.2) is 0 Å². The minimum atomic E-state index is 0.626. The third-order valence-electron chi connectivity index (χ3n) is 4.02. The van der Waals surface area contributed by atoms with Gasteiger partial charge in [-0.1, -0.05) is 25.1 Å². The maximum atomic E-state index is 4.53. The molecule has 94 valence electrons. The minimum absolute atomic E-state index is 0.626. The van der Waals surface area contributed by atoms with Gasteiger partial charge in [-0.3, -0.25) is 4.98 Å². The normalized spacial score (nSPS) is 24.3. The number of nitrogens with zero attached hydrogens (tertiary/aromatic N) is 1. The van der Waals surface area contributed by atoms with Crippen LogP contribution >= 0.6 is 0 Å². The topological polar surface area (TPSA) is 24.9 Å². The van der Waals surface area contributed by atoms with Crippen molar-refractivity contribution in [1.29, 1.82) is 0 Å². The van der Waals surface area contributed by atoms with E-state index in [1.807, 2.05) is 12.3 Å². The molecule has 3 rings (SSSR count). The van der Waals surface area contributed by atoms with Gasteiger partial charge in [-0.25, -0.2) is 0 Å². The standard InChI is InChI=1S/C16H20N2/c1-11-8-13(10-17-9-11)14-6-5-12(2)16-15(14)4-3-7-18-16/h3-7,11,13,17H,8-10H2,1-2H3/t11?,13-/m0/s1. The molecule has 2 heterocycles. The molecule has 1 aromatic heterocycles. The molecule has 2 aromatic rings. The van der Waals surface area contributed by atoms with E-state index in [9.17, 15) is 0 Å². The minimum Gasteiger partial charge on any atom is -0.316 e. The molecule has 18 heavy (non-hydrogen) atoms. The molecule has 1 N–H and O–H groups in total. The van der Waals surface area contributed by atoms with E-state index in [2.05, 4.69) is 42.3 Å². The molecule has 0 bridgehead atoms. The summed E-state index contributed by atoms with van der Waals surface area (Å²) >= 11 is 0. The molecule has 1 aliphatic heterocycles. The SMILES string of the molecule is Cc1ccc([C@@H]2CNCC(C)C2)c2cccnc12. The number of fused-ring (bicyclic) bond motifs is 1. The number of piperidine rings is 1. The first kappa shape index (κ1) is 11.7. The van der Waals surface area contributed by atoms with E-state index in [0.29, 0.717) is 5.92 Å². The Morgan fingerprint density at radius 3 is 2.94 bits per heavy atom. The summed E-state index contributed by atoms with van der Waals surface area (Å²) in [6.07, 6.45) is 3.17. The Balaban J connectivity index is 2.09. The molecule has 1 fully saturated rings. The Hall–Kier alpha value is -1.41. The van der Waals surface area contributed by atoms with Crippen LogP contribution in [-0.4, -0.2) is 18.1 Å². The van der Waals surface area contributed by atoms with Gasteiger partial charge in [-0.05, 0) is 48.9 Å². The number of hydrogen-bond acceptors (Lipinski definition) is 2. The first-order valence-electron chi connectivity index (χ1n) is 6.80. The molecule has 0 spiro atoms. The van der Waals surface area contributed by atoms with Crippen LogP contribution in [-0.2, 0) is 0 Å². The van der Waals surface area contributed by atoms with Crippen LogP contribution in [0.25, 0.3) is 10.9 Å². The molecule has 1 saturated heterocycles. The molecule has 0 amide bonds. The number of rotatable bonds is 1. The average Bonchev–Trinajstić information content (AvgIpc) is 2.39. The number of aryl methyl sites for hydroxylation is 1. The van der Waals surface area contributed by atoms with E-state index in [4.69, 9.17) is 0 Å². The van der Waals surface area contributed by atoms with Crippen molar-refractivity contribution < 1.29 is 0 Å². The summed E-state index contributed by atoms with van der Waals surface area (Å²) in [6.45, 7) is 6.71. The smallest absolute Gasteiger partial charge is 0.0733 e. The second-order valence-corrected chi connectivity index (χ2v) is 5.57. The molecule has 2 heteroatoms. The fraction of sp³-hybridized carbons (Fsp3) is 0.438. The summed E-state index contributed by atoms with van der Waals surface area (Å²) in [7, 11) is 0. The Morgan fingerprint density at radius 1 is 1.22 bits per heavy atom. The Morgan fingerprint density at radius 2 is 2.11 bits per heavy atom. The molecule has 1 aliphatic rings. The van der Waals surface area contributed by atoms with Crippen molar-refractivity contribution >= 4 is 10.9 Å². The van der Waals surface area contributed by atoms with Crippen molar-refractivity contribution in [2.75, 3.05) is 13.1 Å². The lowest BCUT2D eigenvalue weighted by atomic mass is 9.84. The second-order valence-electron chi connectivity index (χ2n) is 5.57. The summed E-state index contributed by atoms with van der Waals surface area (Å²) in [5.74, 6) is 1.39. The quantitative estimate of drug-likeness (QED) is 0.827. The molecule has 1 unspecified atom stereocenters. The van der Waals surface area contributed by atoms with Gasteiger partial charge in [0.2, 0.25) is 0 Å². The molecular weight excluding hydrogens is 220 g/mol. The van der Waals surface area contributed by atoms with Crippen molar-refractivity contribution in [3.63, 3.8) is 0 Å². The number of nitrogens with one attached hydrogen (secondary N) is 1. The van der Waals surface area contributed by atoms with Gasteiger partial charge < -0.3 is 5.32 Å². The highest BCUT2D eigenvalue weighted by molar-refractivity contribution is 5.85. The van der Waals surface area contributed by atoms with E-state index in [1.54, 1.807) is 0 Å². The molecule has 2 atom stereocenters. The predicted molar refractivity (Wildman–Crippen MR) is 75.9 cm³/mol. The van der Waals surface area contributed by atoms with Crippen molar-refractivity contribution in [2.24, 2.45) is 5.92 Å². The highest BCUT2D eigenvalue weighted by Gasteiger charge is 2.21. The largest absolute Gasteiger partial charge is 0.316 e. The fourth-order valence-corrected chi connectivity index (χ4v) is 3.09. The monoisotopic (exact) mass is 240 g/mol. The molecule has 0 saturated carbocycles. The summed E-state index contributed by atoms with van der Waals surface area (Å²) in [6, 6.07) is 8.77. The lowest BCUT2D eigenvalue weighted by Crippen LogP contribution is -2.33. The van der Waals surface area contributed by atoms with Gasteiger partial charge in [0, 0.05) is 18.1 Å². The van der Waals surface area contributed by atoms with Crippen LogP contribution < -0.4 is 5.32 Å². The molecule has 0 radical (unpaired) electrons. The Kier molecular flexibility index (Phi) is 3.04. The van der Waals surface area contributed by atoms with Gasteiger partial charge in [-0.2, -0.15) is 0 Å². The van der Waals surface area contributed by atoms with Crippen molar-refractivity contribution in [3.05, 3.63) is 41.6 Å². The van der Waals surface area contributed by atoms with Crippen LogP contribution in [0.4, 0.5) is 0 Å². The zero-order chi connectivity index (χ0) is 12.5. The van der Waals surface area contributed by atoms with Crippen LogP contribution in [0.1, 0.15) is 30.4 Å². The highest BCUT2D eigenvalue weighted by Crippen LogP contribution is 2.32. The van der Waals surface area contributed by atoms with Crippen LogP contribution in [0.2, 0.25) is 0 Å². The lowest BCUT2D eigenvalue weighted by molar-refractivity contribution is 0.365. The first-order valence-corrected chi connectivity index (χ1v) is 6.80. The van der Waals surface area contributed by atoms with Gasteiger partial charge in [0.25, 0.3) is 0 Å². The van der Waals surface area contributed by atoms with Crippen molar-refractivity contribution in [2.45, 2.75) is 26.2 Å². The van der Waals surface area contributed by atoms with E-state index >= 15 is 0 Å². The van der Waals surface area contributed by atoms with E-state index in [0.717, 1.165) is 24.5 Å². The number of benzene rings is 1. The van der Waals surface area contributed by atoms with Crippen LogP contribution in [0, 0.1) is 12.8 Å². The molecular formula is C16H20N2. The number of hydrogen-bond donors (Lipinski definition) is 1. The molecule has 2 nitrogen and oxygen atoms in total. The third-order valence-corrected chi connectivity index (χ3v) is 4.02. The first-order chi connectivity index (χ1) is 8.75. The zero-order valence-corrected chi connectivity index (χ0v) is 11.1. The average molecular weight is 240 g/mol. The van der Waals surface area contributed by atoms with Gasteiger partial charge >= 0.3 is 0 Å². The Bertz CT molecular complexity index is 562. The van der Waals surface area contributed by atoms with Crippen LogP contribution in [0.3, 0.4) is 0 Å². The van der Waals surface area contributed by atoms with E-state index in [1.165, 1.54) is 22.9 Å². The van der Waals surface area contributed by atoms with Gasteiger partial charge in [0.1, 0.15) is 0 Å². The summed E-state index contributed by atoms with van der Waals surface area (Å²) in [5, 5.41) is 4.87.